The number of carbonyl (C=O) groups is 2. The van der Waals surface area contributed by atoms with Crippen LogP contribution in [0, 0.1) is 0 Å². The summed E-state index contributed by atoms with van der Waals surface area (Å²) < 4.78 is 0. The highest BCUT2D eigenvalue weighted by atomic mass is 35.5. The quantitative estimate of drug-likeness (QED) is 0.661. The van der Waals surface area contributed by atoms with Crippen LogP contribution in [0.3, 0.4) is 0 Å². The van der Waals surface area contributed by atoms with Gasteiger partial charge in [0.15, 0.2) is 0 Å². The second-order valence-corrected chi connectivity index (χ2v) is 7.69. The Morgan fingerprint density at radius 1 is 1.00 bits per heavy atom. The lowest BCUT2D eigenvalue weighted by Gasteiger charge is -2.30. The van der Waals surface area contributed by atoms with Crippen LogP contribution in [0.15, 0.2) is 48.5 Å². The molecule has 28 heavy (non-hydrogen) atoms. The molecule has 0 bridgehead atoms. The molecule has 0 spiro atoms. The molecule has 0 aromatic heterocycles. The van der Waals surface area contributed by atoms with Crippen LogP contribution in [0.2, 0.25) is 10.0 Å². The monoisotopic (exact) mass is 420 g/mol. The standard InChI is InChI=1S/C22H26Cl2N2O2/c1-4-15(2)25-22(28)16(3)26(14-18-19(23)11-8-12-20(18)24)21(27)13-17-9-6-5-7-10-17/h5-12,15-16H,4,13-14H2,1-3H3,(H,25,28)/t15-,16+/m1/s1. The predicted molar refractivity (Wildman–Crippen MR) is 115 cm³/mol. The molecule has 1 N–H and O–H groups in total. The Morgan fingerprint density at radius 2 is 1.61 bits per heavy atom. The Labute approximate surface area is 176 Å². The number of halogens is 2. The first-order chi connectivity index (χ1) is 13.3. The third kappa shape index (κ3) is 5.98. The normalized spacial score (nSPS) is 12.9. The Morgan fingerprint density at radius 3 is 2.18 bits per heavy atom. The van der Waals surface area contributed by atoms with Gasteiger partial charge in [-0.15, -0.1) is 0 Å². The molecule has 0 fully saturated rings. The van der Waals surface area contributed by atoms with E-state index in [0.717, 1.165) is 12.0 Å². The number of carbonyl (C=O) groups excluding carboxylic acids is 2. The van der Waals surface area contributed by atoms with E-state index in [9.17, 15) is 9.59 Å². The molecule has 0 aliphatic carbocycles. The molecule has 2 amide bonds. The van der Waals surface area contributed by atoms with Crippen LogP contribution in [-0.2, 0) is 22.6 Å². The molecule has 0 saturated heterocycles. The van der Waals surface area contributed by atoms with Gasteiger partial charge in [-0.05, 0) is 38.0 Å². The van der Waals surface area contributed by atoms with Crippen LogP contribution in [0.4, 0.5) is 0 Å². The Kier molecular flexibility index (Phi) is 8.34. The maximum Gasteiger partial charge on any atom is 0.242 e. The second-order valence-electron chi connectivity index (χ2n) is 6.88. The van der Waals surface area contributed by atoms with Crippen LogP contribution in [0.25, 0.3) is 0 Å². The van der Waals surface area contributed by atoms with Gasteiger partial charge in [-0.25, -0.2) is 0 Å². The zero-order valence-electron chi connectivity index (χ0n) is 16.4. The van der Waals surface area contributed by atoms with Gasteiger partial charge in [0.2, 0.25) is 11.8 Å². The van der Waals surface area contributed by atoms with E-state index >= 15 is 0 Å². The van der Waals surface area contributed by atoms with Crippen molar-refractivity contribution in [1.82, 2.24) is 10.2 Å². The van der Waals surface area contributed by atoms with Crippen molar-refractivity contribution in [3.05, 3.63) is 69.7 Å². The number of hydrogen-bond donors (Lipinski definition) is 1. The Bertz CT molecular complexity index is 791. The topological polar surface area (TPSA) is 49.4 Å². The van der Waals surface area contributed by atoms with Gasteiger partial charge in [0, 0.05) is 28.2 Å². The van der Waals surface area contributed by atoms with Crippen molar-refractivity contribution < 1.29 is 9.59 Å². The van der Waals surface area contributed by atoms with Crippen molar-refractivity contribution in [2.45, 2.75) is 52.2 Å². The highest BCUT2D eigenvalue weighted by molar-refractivity contribution is 6.36. The van der Waals surface area contributed by atoms with Gasteiger partial charge in [-0.1, -0.05) is 66.5 Å². The molecule has 0 radical (unpaired) electrons. The number of amides is 2. The minimum atomic E-state index is -0.655. The van der Waals surface area contributed by atoms with Gasteiger partial charge < -0.3 is 10.2 Å². The maximum absolute atomic E-state index is 13.1. The number of benzene rings is 2. The van der Waals surface area contributed by atoms with E-state index in [0.29, 0.717) is 15.6 Å². The summed E-state index contributed by atoms with van der Waals surface area (Å²) in [6.07, 6.45) is 1.01. The third-order valence-corrected chi connectivity index (χ3v) is 5.46. The number of nitrogens with one attached hydrogen (secondary N) is 1. The highest BCUT2D eigenvalue weighted by Crippen LogP contribution is 2.27. The van der Waals surface area contributed by atoms with E-state index in [1.54, 1.807) is 25.1 Å². The first-order valence-corrected chi connectivity index (χ1v) is 10.2. The van der Waals surface area contributed by atoms with E-state index in [1.807, 2.05) is 44.2 Å². The highest BCUT2D eigenvalue weighted by Gasteiger charge is 2.28. The lowest BCUT2D eigenvalue weighted by Crippen LogP contribution is -2.50. The van der Waals surface area contributed by atoms with Gasteiger partial charge in [-0.2, -0.15) is 0 Å². The molecule has 2 aromatic carbocycles. The maximum atomic E-state index is 13.1. The third-order valence-electron chi connectivity index (χ3n) is 4.76. The summed E-state index contributed by atoms with van der Waals surface area (Å²) in [6.45, 7) is 5.83. The van der Waals surface area contributed by atoms with Crippen molar-refractivity contribution >= 4 is 35.0 Å². The Hall–Kier alpha value is -2.04. The molecule has 4 nitrogen and oxygen atoms in total. The van der Waals surface area contributed by atoms with Crippen molar-refractivity contribution in [2.75, 3.05) is 0 Å². The molecule has 0 saturated carbocycles. The lowest BCUT2D eigenvalue weighted by atomic mass is 10.1. The summed E-state index contributed by atoms with van der Waals surface area (Å²) in [7, 11) is 0. The molecule has 2 atom stereocenters. The van der Waals surface area contributed by atoms with Crippen LogP contribution in [-0.4, -0.2) is 28.8 Å². The smallest absolute Gasteiger partial charge is 0.242 e. The molecular weight excluding hydrogens is 395 g/mol. The average molecular weight is 421 g/mol. The predicted octanol–water partition coefficient (Wildman–Crippen LogP) is 4.87. The van der Waals surface area contributed by atoms with Crippen molar-refractivity contribution in [2.24, 2.45) is 0 Å². The zero-order valence-corrected chi connectivity index (χ0v) is 17.9. The van der Waals surface area contributed by atoms with Gasteiger partial charge in [-0.3, -0.25) is 9.59 Å². The molecule has 2 rings (SSSR count). The summed E-state index contributed by atoms with van der Waals surface area (Å²) in [5.74, 6) is -0.354. The fourth-order valence-electron chi connectivity index (χ4n) is 2.77. The van der Waals surface area contributed by atoms with E-state index in [1.165, 1.54) is 4.90 Å². The van der Waals surface area contributed by atoms with Crippen LogP contribution in [0.1, 0.15) is 38.3 Å². The van der Waals surface area contributed by atoms with Gasteiger partial charge in [0.25, 0.3) is 0 Å². The van der Waals surface area contributed by atoms with Crippen molar-refractivity contribution in [3.63, 3.8) is 0 Å². The molecule has 6 heteroatoms. The summed E-state index contributed by atoms with van der Waals surface area (Å²) >= 11 is 12.6. The molecule has 0 unspecified atom stereocenters. The van der Waals surface area contributed by atoms with Crippen LogP contribution >= 0.6 is 23.2 Å². The SMILES string of the molecule is CC[C@@H](C)NC(=O)[C@H](C)N(Cc1c(Cl)cccc1Cl)C(=O)Cc1ccccc1. The minimum absolute atomic E-state index is 0.0323. The molecule has 0 aliphatic heterocycles. The van der Waals surface area contributed by atoms with E-state index in [-0.39, 0.29) is 30.8 Å². The van der Waals surface area contributed by atoms with Gasteiger partial charge in [0.05, 0.1) is 6.42 Å². The Balaban J connectivity index is 2.28. The van der Waals surface area contributed by atoms with E-state index < -0.39 is 6.04 Å². The second kappa shape index (κ2) is 10.5. The van der Waals surface area contributed by atoms with E-state index in [2.05, 4.69) is 5.32 Å². The van der Waals surface area contributed by atoms with Crippen LogP contribution in [0.5, 0.6) is 0 Å². The first kappa shape index (κ1) is 22.3. The summed E-state index contributed by atoms with van der Waals surface area (Å²) in [5, 5.41) is 3.89. The molecular formula is C22H26Cl2N2O2. The van der Waals surface area contributed by atoms with Gasteiger partial charge >= 0.3 is 0 Å². The molecule has 150 valence electrons. The summed E-state index contributed by atoms with van der Waals surface area (Å²) in [6, 6.07) is 14.0. The van der Waals surface area contributed by atoms with Gasteiger partial charge in [0.1, 0.15) is 6.04 Å². The summed E-state index contributed by atoms with van der Waals surface area (Å²) in [4.78, 5) is 27.3. The molecule has 0 heterocycles. The fraction of sp³-hybridized carbons (Fsp3) is 0.364. The largest absolute Gasteiger partial charge is 0.352 e. The number of rotatable bonds is 8. The first-order valence-electron chi connectivity index (χ1n) is 9.40. The van der Waals surface area contributed by atoms with Crippen molar-refractivity contribution in [3.8, 4) is 0 Å². The van der Waals surface area contributed by atoms with E-state index in [4.69, 9.17) is 23.2 Å². The number of nitrogens with zero attached hydrogens (tertiary/aromatic N) is 1. The summed E-state index contributed by atoms with van der Waals surface area (Å²) in [5.41, 5.74) is 1.52. The van der Waals surface area contributed by atoms with Crippen LogP contribution < -0.4 is 5.32 Å². The zero-order chi connectivity index (χ0) is 20.7. The molecule has 2 aromatic rings. The van der Waals surface area contributed by atoms with Crippen molar-refractivity contribution in [1.29, 1.82) is 0 Å². The average Bonchev–Trinajstić information content (AvgIpc) is 2.67. The fourth-order valence-corrected chi connectivity index (χ4v) is 3.29. The minimum Gasteiger partial charge on any atom is -0.352 e. The number of hydrogen-bond acceptors (Lipinski definition) is 2. The lowest BCUT2D eigenvalue weighted by molar-refractivity contribution is -0.140. The molecule has 0 aliphatic rings.